The number of anilines is 1. The van der Waals surface area contributed by atoms with E-state index in [1.165, 1.54) is 36.0 Å². The summed E-state index contributed by atoms with van der Waals surface area (Å²) in [4.78, 5) is 34.2. The molecule has 0 aliphatic heterocycles. The number of nitrogens with zero attached hydrogens (tertiary/aromatic N) is 3. The minimum atomic E-state index is -4.47. The van der Waals surface area contributed by atoms with Crippen molar-refractivity contribution in [3.8, 4) is 11.4 Å². The second-order valence-electron chi connectivity index (χ2n) is 6.75. The molecule has 0 unspecified atom stereocenters. The van der Waals surface area contributed by atoms with Crippen molar-refractivity contribution in [3.63, 3.8) is 0 Å². The average Bonchev–Trinajstić information content (AvgIpc) is 2.76. The Labute approximate surface area is 174 Å². The molecule has 0 radical (unpaired) electrons. The molecule has 0 spiro atoms. The number of pyridine rings is 1. The first-order valence-electron chi connectivity index (χ1n) is 9.15. The lowest BCUT2D eigenvalue weighted by molar-refractivity contribution is -0.137. The monoisotopic (exact) mass is 424 g/mol. The molecule has 4 aromatic rings. The van der Waals surface area contributed by atoms with Crippen LogP contribution in [-0.4, -0.2) is 20.4 Å². The zero-order valence-electron chi connectivity index (χ0n) is 16.1. The molecule has 31 heavy (non-hydrogen) atoms. The van der Waals surface area contributed by atoms with Crippen molar-refractivity contribution in [2.45, 2.75) is 6.18 Å². The number of rotatable bonds is 3. The van der Waals surface area contributed by atoms with Crippen LogP contribution in [-0.2, 0) is 13.2 Å². The van der Waals surface area contributed by atoms with Gasteiger partial charge in [-0.2, -0.15) is 13.2 Å². The van der Waals surface area contributed by atoms with E-state index in [4.69, 9.17) is 0 Å². The zero-order valence-corrected chi connectivity index (χ0v) is 16.1. The van der Waals surface area contributed by atoms with Crippen LogP contribution in [0.4, 0.5) is 19.0 Å². The van der Waals surface area contributed by atoms with Gasteiger partial charge < -0.3 is 5.32 Å². The lowest BCUT2D eigenvalue weighted by atomic mass is 10.1. The highest BCUT2D eigenvalue weighted by atomic mass is 19.4. The summed E-state index contributed by atoms with van der Waals surface area (Å²) in [6.07, 6.45) is -2.95. The first kappa shape index (κ1) is 20.3. The number of alkyl halides is 3. The third-order valence-corrected chi connectivity index (χ3v) is 4.73. The van der Waals surface area contributed by atoms with E-state index in [9.17, 15) is 22.8 Å². The molecule has 2 aromatic carbocycles. The maximum Gasteiger partial charge on any atom is 0.416 e. The molecule has 6 nitrogen and oxygen atoms in total. The molecule has 1 N–H and O–H groups in total. The van der Waals surface area contributed by atoms with Gasteiger partial charge in [-0.25, -0.2) is 9.97 Å². The normalized spacial score (nSPS) is 11.5. The van der Waals surface area contributed by atoms with Crippen molar-refractivity contribution >= 4 is 22.6 Å². The molecule has 1 amide bonds. The van der Waals surface area contributed by atoms with Crippen LogP contribution in [0, 0.1) is 0 Å². The van der Waals surface area contributed by atoms with E-state index in [2.05, 4.69) is 15.3 Å². The smallest absolute Gasteiger partial charge is 0.306 e. The van der Waals surface area contributed by atoms with Crippen molar-refractivity contribution < 1.29 is 18.0 Å². The molecule has 156 valence electrons. The second kappa shape index (κ2) is 7.67. The molecule has 0 aliphatic carbocycles. The zero-order chi connectivity index (χ0) is 22.2. The number of carbonyl (C=O) groups is 1. The van der Waals surface area contributed by atoms with Gasteiger partial charge >= 0.3 is 6.18 Å². The number of fused-ring (bicyclic) bond motifs is 1. The SMILES string of the molecule is Cn1c(-c2ccc(C(F)(F)F)cc2)nc2c(C(=O)Nc3ccccn3)cccc2c1=O. The molecular formula is C22H15F3N4O2. The van der Waals surface area contributed by atoms with Gasteiger partial charge in [0.15, 0.2) is 0 Å². The topological polar surface area (TPSA) is 76.9 Å². The van der Waals surface area contributed by atoms with Crippen LogP contribution in [0.5, 0.6) is 0 Å². The highest BCUT2D eigenvalue weighted by Crippen LogP contribution is 2.30. The molecule has 0 fully saturated rings. The lowest BCUT2D eigenvalue weighted by Gasteiger charge is -2.13. The Kier molecular flexibility index (Phi) is 5.02. The summed E-state index contributed by atoms with van der Waals surface area (Å²) in [7, 11) is 1.47. The van der Waals surface area contributed by atoms with Crippen molar-refractivity contribution in [2.24, 2.45) is 7.05 Å². The third-order valence-electron chi connectivity index (χ3n) is 4.73. The van der Waals surface area contributed by atoms with Gasteiger partial charge in [0.2, 0.25) is 0 Å². The van der Waals surface area contributed by atoms with E-state index in [0.29, 0.717) is 11.4 Å². The summed E-state index contributed by atoms with van der Waals surface area (Å²) >= 11 is 0. The number of carbonyl (C=O) groups excluding carboxylic acids is 1. The third kappa shape index (κ3) is 3.89. The first-order chi connectivity index (χ1) is 14.8. The van der Waals surface area contributed by atoms with Crippen molar-refractivity contribution in [2.75, 3.05) is 5.32 Å². The molecule has 4 rings (SSSR count). The number of aromatic nitrogens is 3. The Hall–Kier alpha value is -4.01. The Morgan fingerprint density at radius 3 is 2.39 bits per heavy atom. The Morgan fingerprint density at radius 1 is 1.00 bits per heavy atom. The number of benzene rings is 2. The van der Waals surface area contributed by atoms with Gasteiger partial charge in [-0.1, -0.05) is 24.3 Å². The molecule has 2 aromatic heterocycles. The predicted octanol–water partition coefficient (Wildman–Crippen LogP) is 4.27. The minimum absolute atomic E-state index is 0.143. The van der Waals surface area contributed by atoms with Gasteiger partial charge in [0, 0.05) is 18.8 Å². The highest BCUT2D eigenvalue weighted by Gasteiger charge is 2.30. The molecule has 9 heteroatoms. The number of para-hydroxylation sites is 1. The lowest BCUT2D eigenvalue weighted by Crippen LogP contribution is -2.22. The van der Waals surface area contributed by atoms with Crippen LogP contribution in [0.2, 0.25) is 0 Å². The van der Waals surface area contributed by atoms with Gasteiger partial charge in [-0.05, 0) is 36.4 Å². The van der Waals surface area contributed by atoms with Crippen LogP contribution in [0.25, 0.3) is 22.3 Å². The molecular weight excluding hydrogens is 409 g/mol. The van der Waals surface area contributed by atoms with Crippen LogP contribution >= 0.6 is 0 Å². The molecule has 0 atom stereocenters. The number of hydrogen-bond acceptors (Lipinski definition) is 4. The van der Waals surface area contributed by atoms with Crippen LogP contribution in [0.1, 0.15) is 15.9 Å². The molecule has 0 saturated heterocycles. The molecule has 0 saturated carbocycles. The number of halogens is 3. The maximum absolute atomic E-state index is 12.9. The van der Waals surface area contributed by atoms with Crippen LogP contribution in [0.15, 0.2) is 71.7 Å². The van der Waals surface area contributed by atoms with Gasteiger partial charge in [0.05, 0.1) is 22.0 Å². The fraction of sp³-hybridized carbons (Fsp3) is 0.0909. The predicted molar refractivity (Wildman–Crippen MR) is 110 cm³/mol. The second-order valence-corrected chi connectivity index (χ2v) is 6.75. The largest absolute Gasteiger partial charge is 0.416 e. The van der Waals surface area contributed by atoms with E-state index in [1.807, 2.05) is 0 Å². The Morgan fingerprint density at radius 2 is 1.74 bits per heavy atom. The summed E-state index contributed by atoms with van der Waals surface area (Å²) < 4.78 is 39.9. The quantitative estimate of drug-likeness (QED) is 0.533. The average molecular weight is 424 g/mol. The standard InChI is InChI=1S/C22H15F3N4O2/c1-29-19(13-8-10-14(11-9-13)22(23,24)25)28-18-15(5-4-6-16(18)21(29)31)20(30)27-17-7-2-3-12-26-17/h2-12H,1H3,(H,26,27,30). The summed E-state index contributed by atoms with van der Waals surface area (Å²) in [5.74, 6) is -0.0379. The number of nitrogens with one attached hydrogen (secondary N) is 1. The van der Waals surface area contributed by atoms with Crippen LogP contribution < -0.4 is 10.9 Å². The van der Waals surface area contributed by atoms with E-state index in [0.717, 1.165) is 12.1 Å². The van der Waals surface area contributed by atoms with E-state index in [-0.39, 0.29) is 22.3 Å². The molecule has 0 bridgehead atoms. The summed E-state index contributed by atoms with van der Waals surface area (Å²) in [6.45, 7) is 0. The molecule has 0 aliphatic rings. The first-order valence-corrected chi connectivity index (χ1v) is 9.15. The summed E-state index contributed by atoms with van der Waals surface area (Å²) in [5.41, 5.74) is -0.623. The van der Waals surface area contributed by atoms with Gasteiger partial charge in [-0.3, -0.25) is 14.2 Å². The van der Waals surface area contributed by atoms with Crippen molar-refractivity contribution in [1.29, 1.82) is 0 Å². The van der Waals surface area contributed by atoms with E-state index in [1.54, 1.807) is 30.3 Å². The van der Waals surface area contributed by atoms with Crippen LogP contribution in [0.3, 0.4) is 0 Å². The van der Waals surface area contributed by atoms with E-state index >= 15 is 0 Å². The van der Waals surface area contributed by atoms with Gasteiger partial charge in [-0.15, -0.1) is 0 Å². The number of amides is 1. The Bertz CT molecular complexity index is 1330. The highest BCUT2D eigenvalue weighted by molar-refractivity contribution is 6.11. The fourth-order valence-corrected chi connectivity index (χ4v) is 3.16. The van der Waals surface area contributed by atoms with Crippen molar-refractivity contribution in [3.05, 3.63) is 88.3 Å². The minimum Gasteiger partial charge on any atom is -0.306 e. The van der Waals surface area contributed by atoms with E-state index < -0.39 is 23.2 Å². The number of hydrogen-bond donors (Lipinski definition) is 1. The maximum atomic E-state index is 12.9. The summed E-state index contributed by atoms with van der Waals surface area (Å²) in [6, 6.07) is 14.0. The fourth-order valence-electron chi connectivity index (χ4n) is 3.16. The molecule has 2 heterocycles. The van der Waals surface area contributed by atoms with Gasteiger partial charge in [0.25, 0.3) is 11.5 Å². The Balaban J connectivity index is 1.83. The van der Waals surface area contributed by atoms with Gasteiger partial charge in [0.1, 0.15) is 11.6 Å². The summed E-state index contributed by atoms with van der Waals surface area (Å²) in [5, 5.41) is 2.86. The van der Waals surface area contributed by atoms with Crippen molar-refractivity contribution in [1.82, 2.24) is 14.5 Å².